The number of rotatable bonds is 8. The molecule has 0 radical (unpaired) electrons. The van der Waals surface area contributed by atoms with Crippen molar-refractivity contribution >= 4 is 17.7 Å². The van der Waals surface area contributed by atoms with Gasteiger partial charge >= 0.3 is 0 Å². The monoisotopic (exact) mass is 434 g/mol. The molecule has 3 aromatic rings. The highest BCUT2D eigenvalue weighted by Crippen LogP contribution is 2.32. The lowest BCUT2D eigenvalue weighted by Gasteiger charge is -2.25. The largest absolute Gasteiger partial charge is 0.333 e. The lowest BCUT2D eigenvalue weighted by molar-refractivity contribution is -0.129. The first-order chi connectivity index (χ1) is 15.2. The number of nitrogens with zero attached hydrogens (tertiary/aromatic N) is 4. The van der Waals surface area contributed by atoms with Crippen LogP contribution in [0.3, 0.4) is 0 Å². The third kappa shape index (κ3) is 5.76. The fourth-order valence-corrected chi connectivity index (χ4v) is 5.22. The molecule has 1 saturated carbocycles. The second-order valence-corrected chi connectivity index (χ2v) is 9.14. The van der Waals surface area contributed by atoms with Crippen LogP contribution in [0.5, 0.6) is 0 Å². The van der Waals surface area contributed by atoms with E-state index in [4.69, 9.17) is 0 Å². The fourth-order valence-electron chi connectivity index (χ4n) is 4.27. The summed E-state index contributed by atoms with van der Waals surface area (Å²) < 4.78 is 2.26. The van der Waals surface area contributed by atoms with Crippen molar-refractivity contribution in [3.05, 3.63) is 77.6 Å². The number of aryl methyl sites for hydroxylation is 1. The Kier molecular flexibility index (Phi) is 7.41. The lowest BCUT2D eigenvalue weighted by atomic mass is 9.95. The van der Waals surface area contributed by atoms with E-state index < -0.39 is 0 Å². The van der Waals surface area contributed by atoms with E-state index in [9.17, 15) is 4.79 Å². The molecule has 1 aliphatic rings. The number of carbonyl (C=O) groups excluding carboxylic acids is 1. The maximum absolute atomic E-state index is 13.3. The summed E-state index contributed by atoms with van der Waals surface area (Å²) in [6, 6.07) is 20.8. The van der Waals surface area contributed by atoms with Crippen LogP contribution in [0.4, 0.5) is 0 Å². The zero-order chi connectivity index (χ0) is 21.5. The van der Waals surface area contributed by atoms with Crippen LogP contribution in [0.2, 0.25) is 0 Å². The minimum absolute atomic E-state index is 0.119. The normalized spacial score (nSPS) is 14.5. The molecule has 1 aromatic heterocycles. The van der Waals surface area contributed by atoms with Crippen molar-refractivity contribution < 1.29 is 4.79 Å². The molecule has 0 aliphatic heterocycles. The fraction of sp³-hybridized carbons (Fsp3) is 0.400. The van der Waals surface area contributed by atoms with Crippen LogP contribution in [0.1, 0.15) is 55.1 Å². The smallest absolute Gasteiger partial charge is 0.233 e. The quantitative estimate of drug-likeness (QED) is 0.445. The van der Waals surface area contributed by atoms with Gasteiger partial charge in [0.25, 0.3) is 0 Å². The first-order valence-electron chi connectivity index (χ1n) is 11.1. The van der Waals surface area contributed by atoms with Crippen LogP contribution in [0, 0.1) is 6.92 Å². The average molecular weight is 435 g/mol. The van der Waals surface area contributed by atoms with Crippen molar-refractivity contribution in [3.8, 4) is 0 Å². The van der Waals surface area contributed by atoms with Gasteiger partial charge in [0.05, 0.1) is 5.75 Å². The Morgan fingerprint density at radius 2 is 1.52 bits per heavy atom. The molecule has 6 heteroatoms. The molecule has 5 nitrogen and oxygen atoms in total. The molecule has 162 valence electrons. The van der Waals surface area contributed by atoms with Crippen molar-refractivity contribution in [1.82, 2.24) is 19.7 Å². The molecule has 0 unspecified atom stereocenters. The van der Waals surface area contributed by atoms with Gasteiger partial charge in [0.15, 0.2) is 5.16 Å². The van der Waals surface area contributed by atoms with Gasteiger partial charge in [-0.2, -0.15) is 0 Å². The van der Waals surface area contributed by atoms with Gasteiger partial charge in [0.2, 0.25) is 5.91 Å². The maximum atomic E-state index is 13.3. The summed E-state index contributed by atoms with van der Waals surface area (Å²) in [5.74, 6) is 1.44. The second kappa shape index (κ2) is 10.6. The SMILES string of the molecule is Cc1nnc(SCC(=O)N(Cc2ccccc2)Cc2ccccc2)n1C1CCCCC1. The van der Waals surface area contributed by atoms with Gasteiger partial charge in [0, 0.05) is 19.1 Å². The Bertz CT molecular complexity index is 926. The second-order valence-electron chi connectivity index (χ2n) is 8.20. The van der Waals surface area contributed by atoms with Gasteiger partial charge in [0.1, 0.15) is 5.82 Å². The predicted octanol–water partition coefficient (Wildman–Crippen LogP) is 5.41. The predicted molar refractivity (Wildman–Crippen MR) is 125 cm³/mol. The summed E-state index contributed by atoms with van der Waals surface area (Å²) >= 11 is 1.52. The molecule has 2 aromatic carbocycles. The summed E-state index contributed by atoms with van der Waals surface area (Å²) in [5, 5.41) is 9.59. The van der Waals surface area contributed by atoms with E-state index in [0.717, 1.165) is 22.1 Å². The third-order valence-electron chi connectivity index (χ3n) is 5.88. The summed E-state index contributed by atoms with van der Waals surface area (Å²) in [6.07, 6.45) is 6.18. The van der Waals surface area contributed by atoms with Crippen LogP contribution >= 0.6 is 11.8 Å². The van der Waals surface area contributed by atoms with E-state index in [1.54, 1.807) is 0 Å². The van der Waals surface area contributed by atoms with Gasteiger partial charge < -0.3 is 9.47 Å². The maximum Gasteiger partial charge on any atom is 0.233 e. The van der Waals surface area contributed by atoms with E-state index in [0.29, 0.717) is 24.9 Å². The third-order valence-corrected chi connectivity index (χ3v) is 6.81. The minimum atomic E-state index is 0.119. The highest BCUT2D eigenvalue weighted by Gasteiger charge is 2.23. The average Bonchev–Trinajstić information content (AvgIpc) is 3.19. The molecule has 0 spiro atoms. The molecule has 0 atom stereocenters. The highest BCUT2D eigenvalue weighted by atomic mass is 32.2. The van der Waals surface area contributed by atoms with E-state index in [1.807, 2.05) is 48.2 Å². The summed E-state index contributed by atoms with van der Waals surface area (Å²) in [5.41, 5.74) is 2.27. The Labute approximate surface area is 188 Å². The lowest BCUT2D eigenvalue weighted by Crippen LogP contribution is -2.31. The molecule has 31 heavy (non-hydrogen) atoms. The van der Waals surface area contributed by atoms with Crippen molar-refractivity contribution in [3.63, 3.8) is 0 Å². The van der Waals surface area contributed by atoms with Gasteiger partial charge in [-0.3, -0.25) is 4.79 Å². The molecular formula is C25H30N4OS. The molecule has 0 bridgehead atoms. The van der Waals surface area contributed by atoms with Crippen molar-refractivity contribution in [2.24, 2.45) is 0 Å². The minimum Gasteiger partial charge on any atom is -0.333 e. The summed E-state index contributed by atoms with van der Waals surface area (Å²) in [7, 11) is 0. The van der Waals surface area contributed by atoms with E-state index in [-0.39, 0.29) is 5.91 Å². The molecule has 1 amide bonds. The Morgan fingerprint density at radius 3 is 2.10 bits per heavy atom. The van der Waals surface area contributed by atoms with Crippen molar-refractivity contribution in [2.75, 3.05) is 5.75 Å². The van der Waals surface area contributed by atoms with Crippen LogP contribution in [0.15, 0.2) is 65.8 Å². The molecule has 1 fully saturated rings. The number of carbonyl (C=O) groups is 1. The van der Waals surface area contributed by atoms with Crippen LogP contribution in [-0.4, -0.2) is 31.3 Å². The Balaban J connectivity index is 1.46. The van der Waals surface area contributed by atoms with Crippen LogP contribution < -0.4 is 0 Å². The van der Waals surface area contributed by atoms with Gasteiger partial charge in [-0.1, -0.05) is 91.7 Å². The highest BCUT2D eigenvalue weighted by molar-refractivity contribution is 7.99. The topological polar surface area (TPSA) is 51.0 Å². The molecule has 0 N–H and O–H groups in total. The number of benzene rings is 2. The zero-order valence-corrected chi connectivity index (χ0v) is 18.9. The Hall–Kier alpha value is -2.60. The van der Waals surface area contributed by atoms with Gasteiger partial charge in [-0.25, -0.2) is 0 Å². The zero-order valence-electron chi connectivity index (χ0n) is 18.1. The first-order valence-corrected chi connectivity index (χ1v) is 12.1. The van der Waals surface area contributed by atoms with Crippen molar-refractivity contribution in [2.45, 2.75) is 63.3 Å². The summed E-state index contributed by atoms with van der Waals surface area (Å²) in [6.45, 7) is 3.22. The molecule has 1 heterocycles. The summed E-state index contributed by atoms with van der Waals surface area (Å²) in [4.78, 5) is 15.2. The standard InChI is InChI=1S/C25H30N4OS/c1-20-26-27-25(29(20)23-15-9-4-10-16-23)31-19-24(30)28(17-21-11-5-2-6-12-21)18-22-13-7-3-8-14-22/h2-3,5-8,11-14,23H,4,9-10,15-19H2,1H3. The van der Waals surface area contributed by atoms with Crippen LogP contribution in [0.25, 0.3) is 0 Å². The number of amides is 1. The first kappa shape index (κ1) is 21.6. The Morgan fingerprint density at radius 1 is 0.935 bits per heavy atom. The van der Waals surface area contributed by atoms with E-state index in [1.165, 1.54) is 43.9 Å². The van der Waals surface area contributed by atoms with Gasteiger partial charge in [-0.05, 0) is 30.9 Å². The molecule has 0 saturated heterocycles. The van der Waals surface area contributed by atoms with Crippen LogP contribution in [-0.2, 0) is 17.9 Å². The number of thioether (sulfide) groups is 1. The molecular weight excluding hydrogens is 404 g/mol. The number of hydrogen-bond donors (Lipinski definition) is 0. The molecule has 1 aliphatic carbocycles. The van der Waals surface area contributed by atoms with Gasteiger partial charge in [-0.15, -0.1) is 10.2 Å². The molecule has 4 rings (SSSR count). The number of aromatic nitrogens is 3. The van der Waals surface area contributed by atoms with E-state index >= 15 is 0 Å². The van der Waals surface area contributed by atoms with E-state index in [2.05, 4.69) is 39.0 Å². The number of hydrogen-bond acceptors (Lipinski definition) is 4. The van der Waals surface area contributed by atoms with Crippen molar-refractivity contribution in [1.29, 1.82) is 0 Å².